The number of hydrogen-bond acceptors (Lipinski definition) is 4. The average Bonchev–Trinajstić information content (AvgIpc) is 2.27. The first-order chi connectivity index (χ1) is 7.33. The van der Waals surface area contributed by atoms with Crippen molar-refractivity contribution in [2.75, 3.05) is 13.7 Å². The smallest absolute Gasteiger partial charge is 0.169 e. The fourth-order valence-electron chi connectivity index (χ4n) is 1.23. The molecule has 0 amide bonds. The Balaban J connectivity index is 3.02. The molecule has 0 spiro atoms. The first-order valence-corrected chi connectivity index (χ1v) is 4.86. The maximum Gasteiger partial charge on any atom is 0.169 e. The van der Waals surface area contributed by atoms with Crippen LogP contribution >= 0.6 is 0 Å². The van der Waals surface area contributed by atoms with E-state index in [4.69, 9.17) is 15.3 Å². The Morgan fingerprint density at radius 1 is 1.47 bits per heavy atom. The van der Waals surface area contributed by atoms with Gasteiger partial charge in [-0.3, -0.25) is 0 Å². The molecule has 1 rings (SSSR count). The molecule has 0 saturated carbocycles. The molecule has 82 valence electrons. The van der Waals surface area contributed by atoms with E-state index in [9.17, 15) is 0 Å². The first-order valence-electron chi connectivity index (χ1n) is 4.86. The van der Waals surface area contributed by atoms with Gasteiger partial charge in [0.05, 0.1) is 19.9 Å². The second-order valence-corrected chi connectivity index (χ2v) is 3.01. The highest BCUT2D eigenvalue weighted by Gasteiger charge is 2.08. The molecule has 0 unspecified atom stereocenters. The number of benzene rings is 1. The fraction of sp³-hybridized carbons (Fsp3) is 0.364. The van der Waals surface area contributed by atoms with Crippen molar-refractivity contribution in [1.29, 1.82) is 0 Å². The Hall–Kier alpha value is -1.71. The molecular weight excluding hydrogens is 192 g/mol. The van der Waals surface area contributed by atoms with Gasteiger partial charge in [0.1, 0.15) is 0 Å². The average molecular weight is 208 g/mol. The standard InChI is InChI=1S/C11H16N2O2/c1-3-7-15-11-9(8-13-12)5-4-6-10(11)14-2/h4-6,8H,3,7,12H2,1-2H3. The number of hydrazone groups is 1. The van der Waals surface area contributed by atoms with Crippen molar-refractivity contribution in [1.82, 2.24) is 0 Å². The summed E-state index contributed by atoms with van der Waals surface area (Å²) in [6.45, 7) is 2.69. The van der Waals surface area contributed by atoms with Gasteiger partial charge in [-0.05, 0) is 18.6 Å². The Morgan fingerprint density at radius 2 is 2.27 bits per heavy atom. The third-order valence-corrected chi connectivity index (χ3v) is 1.89. The van der Waals surface area contributed by atoms with E-state index in [2.05, 4.69) is 5.10 Å². The summed E-state index contributed by atoms with van der Waals surface area (Å²) in [5, 5.41) is 3.49. The molecule has 0 aliphatic heterocycles. The lowest BCUT2D eigenvalue weighted by Gasteiger charge is -2.11. The molecular formula is C11H16N2O2. The largest absolute Gasteiger partial charge is 0.493 e. The maximum atomic E-state index is 5.59. The van der Waals surface area contributed by atoms with Crippen LogP contribution in [0.1, 0.15) is 18.9 Å². The van der Waals surface area contributed by atoms with Gasteiger partial charge < -0.3 is 15.3 Å². The van der Waals surface area contributed by atoms with Crippen molar-refractivity contribution in [2.45, 2.75) is 13.3 Å². The van der Waals surface area contributed by atoms with Gasteiger partial charge in [0.25, 0.3) is 0 Å². The molecule has 0 atom stereocenters. The van der Waals surface area contributed by atoms with E-state index in [1.54, 1.807) is 13.3 Å². The van der Waals surface area contributed by atoms with Crippen LogP contribution in [0.15, 0.2) is 23.3 Å². The van der Waals surface area contributed by atoms with E-state index >= 15 is 0 Å². The van der Waals surface area contributed by atoms with E-state index in [0.29, 0.717) is 18.1 Å². The zero-order valence-corrected chi connectivity index (χ0v) is 9.06. The summed E-state index contributed by atoms with van der Waals surface area (Å²) in [6, 6.07) is 5.59. The highest BCUT2D eigenvalue weighted by molar-refractivity contribution is 5.84. The minimum absolute atomic E-state index is 0.645. The molecule has 0 bridgehead atoms. The van der Waals surface area contributed by atoms with Crippen LogP contribution in [0.25, 0.3) is 0 Å². The van der Waals surface area contributed by atoms with Crippen LogP contribution in [-0.4, -0.2) is 19.9 Å². The van der Waals surface area contributed by atoms with Crippen LogP contribution in [0.3, 0.4) is 0 Å². The van der Waals surface area contributed by atoms with E-state index in [-0.39, 0.29) is 0 Å². The van der Waals surface area contributed by atoms with Gasteiger partial charge in [-0.1, -0.05) is 13.0 Å². The van der Waals surface area contributed by atoms with Crippen molar-refractivity contribution in [3.63, 3.8) is 0 Å². The van der Waals surface area contributed by atoms with Gasteiger partial charge in [-0.15, -0.1) is 0 Å². The van der Waals surface area contributed by atoms with Gasteiger partial charge in [-0.25, -0.2) is 0 Å². The molecule has 0 saturated heterocycles. The maximum absolute atomic E-state index is 5.59. The third-order valence-electron chi connectivity index (χ3n) is 1.89. The SMILES string of the molecule is CCCOc1c(C=NN)cccc1OC. The second-order valence-electron chi connectivity index (χ2n) is 3.01. The van der Waals surface area contributed by atoms with Crippen LogP contribution in [-0.2, 0) is 0 Å². The van der Waals surface area contributed by atoms with Gasteiger partial charge >= 0.3 is 0 Å². The third kappa shape index (κ3) is 2.87. The highest BCUT2D eigenvalue weighted by Crippen LogP contribution is 2.29. The zero-order chi connectivity index (χ0) is 11.1. The van der Waals surface area contributed by atoms with Crippen LogP contribution in [0, 0.1) is 0 Å². The van der Waals surface area contributed by atoms with Crippen LogP contribution in [0.2, 0.25) is 0 Å². The van der Waals surface area contributed by atoms with Crippen LogP contribution < -0.4 is 15.3 Å². The van der Waals surface area contributed by atoms with E-state index < -0.39 is 0 Å². The second kappa shape index (κ2) is 5.90. The molecule has 0 heterocycles. The summed E-state index contributed by atoms with van der Waals surface area (Å²) in [5.74, 6) is 6.51. The number of para-hydroxylation sites is 1. The van der Waals surface area contributed by atoms with Crippen LogP contribution in [0.5, 0.6) is 11.5 Å². The predicted molar refractivity (Wildman–Crippen MR) is 60.6 cm³/mol. The highest BCUT2D eigenvalue weighted by atomic mass is 16.5. The lowest BCUT2D eigenvalue weighted by atomic mass is 10.2. The lowest BCUT2D eigenvalue weighted by Crippen LogP contribution is -2.01. The Labute approximate surface area is 89.7 Å². The quantitative estimate of drug-likeness (QED) is 0.456. The normalized spacial score (nSPS) is 10.5. The molecule has 1 aromatic carbocycles. The zero-order valence-electron chi connectivity index (χ0n) is 9.06. The summed E-state index contributed by atoms with van der Waals surface area (Å²) >= 11 is 0. The van der Waals surface area contributed by atoms with Crippen molar-refractivity contribution in [3.8, 4) is 11.5 Å². The topological polar surface area (TPSA) is 56.8 Å². The van der Waals surface area contributed by atoms with Crippen LogP contribution in [0.4, 0.5) is 0 Å². The number of nitrogens with zero attached hydrogens (tertiary/aromatic N) is 1. The molecule has 0 radical (unpaired) electrons. The van der Waals surface area contributed by atoms with Gasteiger partial charge in [-0.2, -0.15) is 5.10 Å². The van der Waals surface area contributed by atoms with E-state index in [0.717, 1.165) is 12.0 Å². The Kier molecular flexibility index (Phi) is 4.47. The first kappa shape index (κ1) is 11.4. The van der Waals surface area contributed by atoms with E-state index in [1.807, 2.05) is 25.1 Å². The monoisotopic (exact) mass is 208 g/mol. The minimum atomic E-state index is 0.645. The number of rotatable bonds is 5. The summed E-state index contributed by atoms with van der Waals surface area (Å²) in [6.07, 6.45) is 2.49. The molecule has 1 aromatic rings. The number of nitrogens with two attached hydrogens (primary N) is 1. The Morgan fingerprint density at radius 3 is 2.87 bits per heavy atom. The fourth-order valence-corrected chi connectivity index (χ4v) is 1.23. The van der Waals surface area contributed by atoms with Gasteiger partial charge in [0, 0.05) is 5.56 Å². The molecule has 15 heavy (non-hydrogen) atoms. The molecule has 4 heteroatoms. The van der Waals surface area contributed by atoms with Gasteiger partial charge in [0.15, 0.2) is 11.5 Å². The van der Waals surface area contributed by atoms with Gasteiger partial charge in [0.2, 0.25) is 0 Å². The molecule has 0 aliphatic carbocycles. The van der Waals surface area contributed by atoms with Crippen molar-refractivity contribution in [3.05, 3.63) is 23.8 Å². The minimum Gasteiger partial charge on any atom is -0.493 e. The number of hydrogen-bond donors (Lipinski definition) is 1. The molecule has 4 nitrogen and oxygen atoms in total. The predicted octanol–water partition coefficient (Wildman–Crippen LogP) is 1.78. The summed E-state index contributed by atoms with van der Waals surface area (Å²) in [7, 11) is 1.61. The van der Waals surface area contributed by atoms with E-state index in [1.165, 1.54) is 0 Å². The molecule has 0 aromatic heterocycles. The number of ether oxygens (including phenoxy) is 2. The summed E-state index contributed by atoms with van der Waals surface area (Å²) < 4.78 is 10.8. The summed E-state index contributed by atoms with van der Waals surface area (Å²) in [4.78, 5) is 0. The van der Waals surface area contributed by atoms with Crippen molar-refractivity contribution in [2.24, 2.45) is 10.9 Å². The molecule has 2 N–H and O–H groups in total. The summed E-state index contributed by atoms with van der Waals surface area (Å²) in [5.41, 5.74) is 0.824. The molecule has 0 fully saturated rings. The molecule has 0 aliphatic rings. The van der Waals surface area contributed by atoms with Crippen molar-refractivity contribution < 1.29 is 9.47 Å². The lowest BCUT2D eigenvalue weighted by molar-refractivity contribution is 0.294. The van der Waals surface area contributed by atoms with Crippen molar-refractivity contribution >= 4 is 6.21 Å². The number of methoxy groups -OCH3 is 1. The Bertz CT molecular complexity index is 337.